The van der Waals surface area contributed by atoms with Crippen LogP contribution >= 0.6 is 0 Å². The van der Waals surface area contributed by atoms with E-state index in [4.69, 9.17) is 0 Å². The molecule has 5 nitrogen and oxygen atoms in total. The third-order valence-corrected chi connectivity index (χ3v) is 6.40. The third-order valence-electron chi connectivity index (χ3n) is 6.40. The van der Waals surface area contributed by atoms with Crippen LogP contribution in [-0.4, -0.2) is 42.1 Å². The highest BCUT2D eigenvalue weighted by atomic mass is 19.4. The molecule has 0 aliphatic carbocycles. The van der Waals surface area contributed by atoms with E-state index in [1.54, 1.807) is 0 Å². The molecular weight excluding hydrogens is 545 g/mol. The molecule has 1 unspecified atom stereocenters. The number of hydrogen-bond acceptors (Lipinski definition) is 4. The summed E-state index contributed by atoms with van der Waals surface area (Å²) in [5, 5.41) is 2.90. The lowest BCUT2D eigenvalue weighted by Crippen LogP contribution is -2.78. The summed E-state index contributed by atoms with van der Waals surface area (Å²) >= 11 is 0. The standard InChI is InChI=1S/C25H16F9N3O2/c26-14-2-7-17-20(10-14)35-23(37(22(17)38)15-3-5-16(6-4-15)39-25(32,33)34)11-36(12-23)21(24(29,30)31)13-1-8-18(27)19(28)9-13/h1-10,21,35H,11-12H2. The van der Waals surface area contributed by atoms with Crippen molar-refractivity contribution >= 4 is 17.3 Å². The molecule has 3 aromatic carbocycles. The highest BCUT2D eigenvalue weighted by Gasteiger charge is 2.59. The Morgan fingerprint density at radius 1 is 0.846 bits per heavy atom. The first-order valence-corrected chi connectivity index (χ1v) is 11.2. The van der Waals surface area contributed by atoms with Gasteiger partial charge in [0.25, 0.3) is 5.91 Å². The van der Waals surface area contributed by atoms with E-state index in [0.717, 1.165) is 58.3 Å². The van der Waals surface area contributed by atoms with E-state index in [9.17, 15) is 44.3 Å². The van der Waals surface area contributed by atoms with Crippen molar-refractivity contribution in [3.05, 3.63) is 89.2 Å². The zero-order chi connectivity index (χ0) is 28.3. The summed E-state index contributed by atoms with van der Waals surface area (Å²) in [4.78, 5) is 15.4. The SMILES string of the molecule is O=C1c2ccc(F)cc2NC2(CN(C(c3ccc(F)c(F)c3)C(F)(F)F)C2)N1c1ccc(OC(F)(F)F)cc1. The van der Waals surface area contributed by atoms with Gasteiger partial charge in [0.1, 0.15) is 23.3 Å². The van der Waals surface area contributed by atoms with Crippen molar-refractivity contribution in [2.75, 3.05) is 23.3 Å². The zero-order valence-corrected chi connectivity index (χ0v) is 19.4. The van der Waals surface area contributed by atoms with Crippen molar-refractivity contribution in [2.24, 2.45) is 0 Å². The number of nitrogens with one attached hydrogen (secondary N) is 1. The lowest BCUT2D eigenvalue weighted by atomic mass is 9.88. The Labute approximate surface area is 214 Å². The fraction of sp³-hybridized carbons (Fsp3) is 0.240. The zero-order valence-electron chi connectivity index (χ0n) is 19.4. The van der Waals surface area contributed by atoms with Gasteiger partial charge in [0.05, 0.1) is 11.3 Å². The van der Waals surface area contributed by atoms with Gasteiger partial charge < -0.3 is 10.1 Å². The molecule has 206 valence electrons. The van der Waals surface area contributed by atoms with Crippen LogP contribution < -0.4 is 15.0 Å². The van der Waals surface area contributed by atoms with Gasteiger partial charge in [0.2, 0.25) is 0 Å². The molecule has 1 fully saturated rings. The Morgan fingerprint density at radius 2 is 1.51 bits per heavy atom. The maximum atomic E-state index is 14.1. The first-order valence-electron chi connectivity index (χ1n) is 11.2. The summed E-state index contributed by atoms with van der Waals surface area (Å²) in [6, 6.07) is 6.67. The number of halogens is 9. The topological polar surface area (TPSA) is 44.8 Å². The number of carbonyl (C=O) groups excluding carboxylic acids is 1. The van der Waals surface area contributed by atoms with Gasteiger partial charge in [0.15, 0.2) is 11.6 Å². The van der Waals surface area contributed by atoms with E-state index in [1.165, 1.54) is 0 Å². The number of ether oxygens (including phenoxy) is 1. The van der Waals surface area contributed by atoms with Gasteiger partial charge in [-0.25, -0.2) is 13.2 Å². The highest BCUT2D eigenvalue weighted by Crippen LogP contribution is 2.47. The fourth-order valence-corrected chi connectivity index (χ4v) is 4.91. The molecular formula is C25H16F9N3O2. The molecule has 5 rings (SSSR count). The van der Waals surface area contributed by atoms with Crippen molar-refractivity contribution in [3.8, 4) is 5.75 Å². The van der Waals surface area contributed by atoms with E-state index < -0.39 is 72.0 Å². The number of rotatable bonds is 4. The number of nitrogens with zero attached hydrogens (tertiary/aromatic N) is 2. The number of carbonyl (C=O) groups is 1. The summed E-state index contributed by atoms with van der Waals surface area (Å²) < 4.78 is 125. The number of anilines is 2. The monoisotopic (exact) mass is 561 g/mol. The number of alkyl halides is 6. The molecule has 2 aliphatic heterocycles. The molecule has 2 heterocycles. The van der Waals surface area contributed by atoms with Gasteiger partial charge >= 0.3 is 12.5 Å². The Kier molecular flexibility index (Phi) is 6.20. The minimum Gasteiger partial charge on any atom is -0.406 e. The Balaban J connectivity index is 1.52. The molecule has 0 aromatic heterocycles. The molecule has 1 atom stereocenters. The van der Waals surface area contributed by atoms with Gasteiger partial charge in [0, 0.05) is 18.8 Å². The first kappa shape index (κ1) is 26.7. The molecule has 0 bridgehead atoms. The summed E-state index contributed by atoms with van der Waals surface area (Å²) in [7, 11) is 0. The van der Waals surface area contributed by atoms with Gasteiger partial charge in [-0.05, 0) is 60.2 Å². The molecule has 1 amide bonds. The number of fused-ring (bicyclic) bond motifs is 1. The largest absolute Gasteiger partial charge is 0.573 e. The van der Waals surface area contributed by atoms with Crippen LogP contribution in [0.5, 0.6) is 5.75 Å². The lowest BCUT2D eigenvalue weighted by molar-refractivity contribution is -0.274. The average molecular weight is 561 g/mol. The summed E-state index contributed by atoms with van der Waals surface area (Å²) in [5.74, 6) is -4.87. The van der Waals surface area contributed by atoms with Crippen LogP contribution in [-0.2, 0) is 0 Å². The summed E-state index contributed by atoms with van der Waals surface area (Å²) in [5.41, 5.74) is -2.17. The van der Waals surface area contributed by atoms with Crippen molar-refractivity contribution in [2.45, 2.75) is 24.2 Å². The molecule has 1 N–H and O–H groups in total. The molecule has 0 radical (unpaired) electrons. The molecule has 14 heteroatoms. The van der Waals surface area contributed by atoms with Crippen LogP contribution in [0.1, 0.15) is 22.0 Å². The second-order valence-corrected chi connectivity index (χ2v) is 9.05. The highest BCUT2D eigenvalue weighted by molar-refractivity contribution is 6.13. The van der Waals surface area contributed by atoms with Crippen LogP contribution in [0.15, 0.2) is 60.7 Å². The van der Waals surface area contributed by atoms with Crippen LogP contribution in [0, 0.1) is 17.5 Å². The smallest absolute Gasteiger partial charge is 0.406 e. The predicted molar refractivity (Wildman–Crippen MR) is 119 cm³/mol. The van der Waals surface area contributed by atoms with Gasteiger partial charge in [-0.15, -0.1) is 13.2 Å². The van der Waals surface area contributed by atoms with Crippen LogP contribution in [0.25, 0.3) is 0 Å². The van der Waals surface area contributed by atoms with Crippen molar-refractivity contribution in [3.63, 3.8) is 0 Å². The number of benzene rings is 3. The van der Waals surface area contributed by atoms with Crippen molar-refractivity contribution in [1.82, 2.24) is 4.90 Å². The Morgan fingerprint density at radius 3 is 2.10 bits per heavy atom. The third kappa shape index (κ3) is 4.95. The van der Waals surface area contributed by atoms with Crippen LogP contribution in [0.2, 0.25) is 0 Å². The molecule has 1 spiro atoms. The van der Waals surface area contributed by atoms with Crippen LogP contribution in [0.4, 0.5) is 50.9 Å². The Bertz CT molecular complexity index is 1420. The molecule has 39 heavy (non-hydrogen) atoms. The number of hydrogen-bond donors (Lipinski definition) is 1. The maximum Gasteiger partial charge on any atom is 0.573 e. The number of likely N-dealkylation sites (tertiary alicyclic amines) is 1. The van der Waals surface area contributed by atoms with E-state index in [0.29, 0.717) is 12.1 Å². The minimum atomic E-state index is -4.98. The van der Waals surface area contributed by atoms with Gasteiger partial charge in [-0.3, -0.25) is 14.6 Å². The number of amides is 1. The van der Waals surface area contributed by atoms with E-state index in [-0.39, 0.29) is 16.9 Å². The van der Waals surface area contributed by atoms with Gasteiger partial charge in [-0.2, -0.15) is 13.2 Å². The fourth-order valence-electron chi connectivity index (χ4n) is 4.91. The Hall–Kier alpha value is -3.94. The molecule has 3 aromatic rings. The first-order chi connectivity index (χ1) is 18.2. The van der Waals surface area contributed by atoms with E-state index in [1.807, 2.05) is 0 Å². The summed E-state index contributed by atoms with van der Waals surface area (Å²) in [6.07, 6.45) is -9.91. The quantitative estimate of drug-likeness (QED) is 0.375. The van der Waals surface area contributed by atoms with Gasteiger partial charge in [-0.1, -0.05) is 6.07 Å². The summed E-state index contributed by atoms with van der Waals surface area (Å²) in [6.45, 7) is -1.03. The maximum absolute atomic E-state index is 14.1. The van der Waals surface area contributed by atoms with Crippen LogP contribution in [0.3, 0.4) is 0 Å². The molecule has 1 saturated heterocycles. The molecule has 0 saturated carbocycles. The van der Waals surface area contributed by atoms with Crippen molar-refractivity contribution in [1.29, 1.82) is 0 Å². The minimum absolute atomic E-state index is 0.00399. The second-order valence-electron chi connectivity index (χ2n) is 9.05. The van der Waals surface area contributed by atoms with E-state index in [2.05, 4.69) is 10.1 Å². The lowest BCUT2D eigenvalue weighted by Gasteiger charge is -2.59. The average Bonchev–Trinajstić information content (AvgIpc) is 2.79. The van der Waals surface area contributed by atoms with E-state index >= 15 is 0 Å². The normalized spacial score (nSPS) is 17.9. The molecule has 2 aliphatic rings. The predicted octanol–water partition coefficient (Wildman–Crippen LogP) is 6.39. The van der Waals surface area contributed by atoms with Crippen molar-refractivity contribution < 1.29 is 49.0 Å². The second kappa shape index (κ2) is 9.07.